The summed E-state index contributed by atoms with van der Waals surface area (Å²) in [5.41, 5.74) is 11.5. The summed E-state index contributed by atoms with van der Waals surface area (Å²) >= 11 is 0. The number of amides is 4. The monoisotopic (exact) mass is 525 g/mol. The highest BCUT2D eigenvalue weighted by atomic mass is 16.4. The fourth-order valence-electron chi connectivity index (χ4n) is 3.35. The standard InChI is InChI=1S/C22H35N7O8/c1-11(2)7-13(23)19(33)27-15(4-6-18(31)32)20(34)28-14(3-5-17(24)30)21(35)29-16(22(36)37)8-12-9-25-10-26-12/h9-11,13-16H,3-8,23H2,1-2H3,(H2,24,30)(H,25,26)(H,27,33)(H,28,34)(H,29,35)(H,31,32)(H,36,37). The number of rotatable bonds is 17. The zero-order valence-electron chi connectivity index (χ0n) is 20.7. The molecule has 15 nitrogen and oxygen atoms in total. The van der Waals surface area contributed by atoms with E-state index >= 15 is 0 Å². The van der Waals surface area contributed by atoms with Gasteiger partial charge in [-0.2, -0.15) is 0 Å². The Morgan fingerprint density at radius 2 is 1.46 bits per heavy atom. The van der Waals surface area contributed by atoms with Crippen LogP contribution in [0.2, 0.25) is 0 Å². The van der Waals surface area contributed by atoms with E-state index in [1.54, 1.807) is 0 Å². The van der Waals surface area contributed by atoms with Crippen molar-refractivity contribution in [3.63, 3.8) is 0 Å². The van der Waals surface area contributed by atoms with E-state index in [0.29, 0.717) is 12.1 Å². The molecule has 4 unspecified atom stereocenters. The van der Waals surface area contributed by atoms with Crippen LogP contribution in [0.25, 0.3) is 0 Å². The number of carbonyl (C=O) groups excluding carboxylic acids is 4. The van der Waals surface area contributed by atoms with Crippen molar-refractivity contribution < 1.29 is 39.0 Å². The van der Waals surface area contributed by atoms with Crippen molar-refractivity contribution in [1.29, 1.82) is 0 Å². The highest BCUT2D eigenvalue weighted by molar-refractivity contribution is 5.94. The van der Waals surface area contributed by atoms with Crippen LogP contribution in [0.4, 0.5) is 0 Å². The Bertz CT molecular complexity index is 951. The van der Waals surface area contributed by atoms with Crippen molar-refractivity contribution in [3.8, 4) is 0 Å². The summed E-state index contributed by atoms with van der Waals surface area (Å²) in [5, 5.41) is 25.6. The lowest BCUT2D eigenvalue weighted by Crippen LogP contribution is -2.57. The maximum atomic E-state index is 13.0. The largest absolute Gasteiger partial charge is 0.481 e. The molecule has 0 saturated heterocycles. The number of nitrogens with one attached hydrogen (secondary N) is 4. The molecular formula is C22H35N7O8. The van der Waals surface area contributed by atoms with Crippen molar-refractivity contribution in [2.75, 3.05) is 0 Å². The van der Waals surface area contributed by atoms with Gasteiger partial charge in [0.1, 0.15) is 18.1 Å². The summed E-state index contributed by atoms with van der Waals surface area (Å²) in [6.45, 7) is 3.70. The van der Waals surface area contributed by atoms with Crippen LogP contribution in [-0.2, 0) is 35.2 Å². The topological polar surface area (TPSA) is 260 Å². The Labute approximate surface area is 213 Å². The highest BCUT2D eigenvalue weighted by Gasteiger charge is 2.31. The molecule has 37 heavy (non-hydrogen) atoms. The Morgan fingerprint density at radius 1 is 0.919 bits per heavy atom. The lowest BCUT2D eigenvalue weighted by molar-refractivity contribution is -0.142. The van der Waals surface area contributed by atoms with Crippen molar-refractivity contribution in [2.45, 2.75) is 76.5 Å². The van der Waals surface area contributed by atoms with Gasteiger partial charge in [-0.1, -0.05) is 13.8 Å². The van der Waals surface area contributed by atoms with Crippen LogP contribution in [0.15, 0.2) is 12.5 Å². The molecule has 0 aliphatic rings. The number of hydrogen-bond donors (Lipinski definition) is 8. The molecule has 0 aromatic carbocycles. The Balaban J connectivity index is 3.03. The molecule has 15 heteroatoms. The van der Waals surface area contributed by atoms with Crippen LogP contribution in [0, 0.1) is 5.92 Å². The molecule has 0 spiro atoms. The second kappa shape index (κ2) is 15.2. The van der Waals surface area contributed by atoms with Gasteiger partial charge in [0, 0.05) is 31.2 Å². The summed E-state index contributed by atoms with van der Waals surface area (Å²) in [5.74, 6) is -5.76. The van der Waals surface area contributed by atoms with E-state index < -0.39 is 66.2 Å². The van der Waals surface area contributed by atoms with Crippen molar-refractivity contribution in [2.24, 2.45) is 17.4 Å². The van der Waals surface area contributed by atoms with E-state index in [-0.39, 0.29) is 31.6 Å². The first-order chi connectivity index (χ1) is 17.3. The number of nitrogens with zero attached hydrogens (tertiary/aromatic N) is 1. The minimum Gasteiger partial charge on any atom is -0.481 e. The van der Waals surface area contributed by atoms with Gasteiger partial charge >= 0.3 is 11.9 Å². The molecule has 1 aromatic heterocycles. The Morgan fingerprint density at radius 3 is 1.92 bits per heavy atom. The molecular weight excluding hydrogens is 490 g/mol. The summed E-state index contributed by atoms with van der Waals surface area (Å²) in [4.78, 5) is 78.9. The number of H-pyrrole nitrogens is 1. The predicted octanol–water partition coefficient (Wildman–Crippen LogP) is -2.01. The number of primary amides is 1. The molecule has 206 valence electrons. The molecule has 1 rings (SSSR count). The predicted molar refractivity (Wildman–Crippen MR) is 128 cm³/mol. The quantitative estimate of drug-likeness (QED) is 0.111. The molecule has 0 aliphatic carbocycles. The van der Waals surface area contributed by atoms with E-state index in [2.05, 4.69) is 25.9 Å². The number of nitrogens with two attached hydrogens (primary N) is 2. The number of aliphatic carboxylic acids is 2. The lowest BCUT2D eigenvalue weighted by Gasteiger charge is -2.25. The first kappa shape index (κ1) is 31.0. The molecule has 0 aliphatic heterocycles. The third-order valence-corrected chi connectivity index (χ3v) is 5.25. The number of imidazole rings is 1. The third kappa shape index (κ3) is 12.0. The van der Waals surface area contributed by atoms with Gasteiger partial charge in [0.2, 0.25) is 23.6 Å². The highest BCUT2D eigenvalue weighted by Crippen LogP contribution is 2.07. The normalized spacial score (nSPS) is 14.2. The zero-order valence-corrected chi connectivity index (χ0v) is 20.7. The fourth-order valence-corrected chi connectivity index (χ4v) is 3.35. The maximum Gasteiger partial charge on any atom is 0.326 e. The van der Waals surface area contributed by atoms with Crippen LogP contribution in [0.5, 0.6) is 0 Å². The smallest absolute Gasteiger partial charge is 0.326 e. The van der Waals surface area contributed by atoms with Gasteiger partial charge in [-0.25, -0.2) is 9.78 Å². The molecule has 0 radical (unpaired) electrons. The molecule has 0 fully saturated rings. The van der Waals surface area contributed by atoms with E-state index in [1.807, 2.05) is 13.8 Å². The summed E-state index contributed by atoms with van der Waals surface area (Å²) in [6, 6.07) is -5.10. The molecule has 10 N–H and O–H groups in total. The molecule has 1 heterocycles. The number of carboxylic acids is 2. The van der Waals surface area contributed by atoms with Gasteiger partial charge in [0.15, 0.2) is 0 Å². The molecule has 0 bridgehead atoms. The maximum absolute atomic E-state index is 13.0. The SMILES string of the molecule is CC(C)CC(N)C(=O)NC(CCC(=O)O)C(=O)NC(CCC(N)=O)C(=O)NC(Cc1cnc[nH]1)C(=O)O. The van der Waals surface area contributed by atoms with Gasteiger partial charge in [-0.3, -0.25) is 24.0 Å². The average Bonchev–Trinajstić information content (AvgIpc) is 3.30. The molecule has 4 atom stereocenters. The van der Waals surface area contributed by atoms with Crippen molar-refractivity contribution >= 4 is 35.6 Å². The van der Waals surface area contributed by atoms with Crippen LogP contribution >= 0.6 is 0 Å². The van der Waals surface area contributed by atoms with E-state index in [1.165, 1.54) is 12.5 Å². The average molecular weight is 526 g/mol. The van der Waals surface area contributed by atoms with Gasteiger partial charge in [-0.05, 0) is 25.2 Å². The minimum absolute atomic E-state index is 0.0814. The van der Waals surface area contributed by atoms with Gasteiger partial charge in [0.25, 0.3) is 0 Å². The third-order valence-electron chi connectivity index (χ3n) is 5.25. The Hall–Kier alpha value is -4.01. The summed E-state index contributed by atoms with van der Waals surface area (Å²) in [7, 11) is 0. The fraction of sp³-hybridized carbons (Fsp3) is 0.591. The first-order valence-electron chi connectivity index (χ1n) is 11.7. The number of aromatic amines is 1. The van der Waals surface area contributed by atoms with Gasteiger partial charge in [-0.15, -0.1) is 0 Å². The van der Waals surface area contributed by atoms with E-state index in [9.17, 15) is 33.9 Å². The molecule has 4 amide bonds. The van der Waals surface area contributed by atoms with Gasteiger partial charge < -0.3 is 42.6 Å². The summed E-state index contributed by atoms with van der Waals surface area (Å²) in [6.07, 6.45) is 1.54. The number of carboxylic acid groups (broad SMARTS) is 2. The number of aromatic nitrogens is 2. The van der Waals surface area contributed by atoms with E-state index in [4.69, 9.17) is 16.6 Å². The van der Waals surface area contributed by atoms with Crippen LogP contribution in [-0.4, -0.2) is 79.9 Å². The number of carbonyl (C=O) groups is 6. The first-order valence-corrected chi connectivity index (χ1v) is 11.7. The van der Waals surface area contributed by atoms with Crippen LogP contribution < -0.4 is 27.4 Å². The van der Waals surface area contributed by atoms with E-state index in [0.717, 1.165) is 0 Å². The lowest BCUT2D eigenvalue weighted by atomic mass is 10.0. The molecule has 0 saturated carbocycles. The van der Waals surface area contributed by atoms with Crippen molar-refractivity contribution in [1.82, 2.24) is 25.9 Å². The van der Waals surface area contributed by atoms with Crippen LogP contribution in [0.3, 0.4) is 0 Å². The Kier molecular flexibility index (Phi) is 12.7. The van der Waals surface area contributed by atoms with Crippen LogP contribution in [0.1, 0.15) is 51.6 Å². The second-order valence-electron chi connectivity index (χ2n) is 8.98. The second-order valence-corrected chi connectivity index (χ2v) is 8.98. The van der Waals surface area contributed by atoms with Crippen molar-refractivity contribution in [3.05, 3.63) is 18.2 Å². The van der Waals surface area contributed by atoms with Gasteiger partial charge in [0.05, 0.1) is 12.4 Å². The minimum atomic E-state index is -1.41. The zero-order chi connectivity index (χ0) is 28.1. The number of hydrogen-bond acceptors (Lipinski definition) is 8. The summed E-state index contributed by atoms with van der Waals surface area (Å²) < 4.78 is 0. The molecule has 1 aromatic rings.